The van der Waals surface area contributed by atoms with Crippen LogP contribution in [0, 0.1) is 0 Å². The summed E-state index contributed by atoms with van der Waals surface area (Å²) in [6, 6.07) is 6.45. The van der Waals surface area contributed by atoms with Gasteiger partial charge in [-0.15, -0.1) is 0 Å². The van der Waals surface area contributed by atoms with Gasteiger partial charge >= 0.3 is 0 Å². The number of nitrogens with zero attached hydrogens (tertiary/aromatic N) is 1. The van der Waals surface area contributed by atoms with Crippen molar-refractivity contribution < 1.29 is 13.2 Å². The van der Waals surface area contributed by atoms with Crippen molar-refractivity contribution in [2.24, 2.45) is 5.84 Å². The third-order valence-corrected chi connectivity index (χ3v) is 4.52. The minimum Gasteiger partial charge on any atom is -0.495 e. The zero-order valence-corrected chi connectivity index (χ0v) is 13.4. The molecule has 7 nitrogen and oxygen atoms in total. The number of aromatic nitrogens is 1. The normalized spacial score (nSPS) is 11.0. The maximum absolute atomic E-state index is 12.4. The molecule has 112 valence electrons. The van der Waals surface area contributed by atoms with Crippen LogP contribution in [0.15, 0.2) is 46.0 Å². The topological polar surface area (TPSA) is 106 Å². The second kappa shape index (κ2) is 6.29. The molecular weight excluding hydrogens is 360 g/mol. The number of ether oxygens (including phenoxy) is 1. The van der Waals surface area contributed by atoms with E-state index in [2.05, 4.69) is 31.1 Å². The standard InChI is InChI=1S/C12H13BrN4O3S/c1-20-11-3-2-8(13)6-10(11)17-21(18,19)12-7-15-5-4-9(12)16-14/h2-7,17H,14H2,1H3,(H,15,16). The van der Waals surface area contributed by atoms with Crippen molar-refractivity contribution in [1.29, 1.82) is 0 Å². The second-order valence-electron chi connectivity index (χ2n) is 3.97. The largest absolute Gasteiger partial charge is 0.495 e. The number of methoxy groups -OCH3 is 1. The highest BCUT2D eigenvalue weighted by molar-refractivity contribution is 9.10. The quantitative estimate of drug-likeness (QED) is 0.546. The van der Waals surface area contributed by atoms with Gasteiger partial charge in [0.15, 0.2) is 0 Å². The van der Waals surface area contributed by atoms with Gasteiger partial charge in [0.2, 0.25) is 0 Å². The number of rotatable bonds is 5. The number of sulfonamides is 1. The van der Waals surface area contributed by atoms with Crippen molar-refractivity contribution in [3.05, 3.63) is 41.1 Å². The summed E-state index contributed by atoms with van der Waals surface area (Å²) in [6.07, 6.45) is 2.65. The average molecular weight is 373 g/mol. The third kappa shape index (κ3) is 3.43. The Morgan fingerprint density at radius 1 is 1.29 bits per heavy atom. The minimum absolute atomic E-state index is 0.0606. The van der Waals surface area contributed by atoms with Gasteiger partial charge in [-0.05, 0) is 24.3 Å². The number of hydrogen-bond donors (Lipinski definition) is 3. The molecule has 0 bridgehead atoms. The lowest BCUT2D eigenvalue weighted by molar-refractivity contribution is 0.417. The van der Waals surface area contributed by atoms with Crippen LogP contribution in [0.25, 0.3) is 0 Å². The van der Waals surface area contributed by atoms with E-state index in [-0.39, 0.29) is 10.6 Å². The number of nitrogens with one attached hydrogen (secondary N) is 2. The van der Waals surface area contributed by atoms with Crippen molar-refractivity contribution in [2.45, 2.75) is 4.90 Å². The van der Waals surface area contributed by atoms with Crippen LogP contribution in [-0.4, -0.2) is 20.5 Å². The Morgan fingerprint density at radius 3 is 2.71 bits per heavy atom. The monoisotopic (exact) mass is 372 g/mol. The van der Waals surface area contributed by atoms with Crippen molar-refractivity contribution in [1.82, 2.24) is 4.98 Å². The molecule has 0 aliphatic rings. The van der Waals surface area contributed by atoms with E-state index < -0.39 is 10.0 Å². The highest BCUT2D eigenvalue weighted by atomic mass is 79.9. The highest BCUT2D eigenvalue weighted by Crippen LogP contribution is 2.31. The number of anilines is 2. The molecule has 0 atom stereocenters. The number of hydrogen-bond acceptors (Lipinski definition) is 6. The first-order valence-corrected chi connectivity index (χ1v) is 8.02. The zero-order chi connectivity index (χ0) is 15.5. The first-order valence-electron chi connectivity index (χ1n) is 5.75. The van der Waals surface area contributed by atoms with Crippen LogP contribution in [0.2, 0.25) is 0 Å². The summed E-state index contributed by atoms with van der Waals surface area (Å²) in [5, 5.41) is 0. The lowest BCUT2D eigenvalue weighted by atomic mass is 10.3. The molecule has 9 heteroatoms. The molecule has 0 unspecified atom stereocenters. The van der Waals surface area contributed by atoms with E-state index in [1.54, 1.807) is 18.2 Å². The molecule has 0 radical (unpaired) electrons. The Bertz CT molecular complexity index is 752. The van der Waals surface area contributed by atoms with Gasteiger partial charge in [0.1, 0.15) is 10.6 Å². The van der Waals surface area contributed by atoms with E-state index in [4.69, 9.17) is 10.6 Å². The predicted molar refractivity (Wildman–Crippen MR) is 83.5 cm³/mol. The fraction of sp³-hybridized carbons (Fsp3) is 0.0833. The van der Waals surface area contributed by atoms with Gasteiger partial charge in [0, 0.05) is 16.9 Å². The van der Waals surface area contributed by atoms with Crippen molar-refractivity contribution in [3.63, 3.8) is 0 Å². The Morgan fingerprint density at radius 2 is 2.05 bits per heavy atom. The van der Waals surface area contributed by atoms with Gasteiger partial charge in [0.25, 0.3) is 10.0 Å². The molecule has 0 aliphatic carbocycles. The van der Waals surface area contributed by atoms with Gasteiger partial charge in [-0.3, -0.25) is 15.5 Å². The summed E-state index contributed by atoms with van der Waals surface area (Å²) in [7, 11) is -2.40. The van der Waals surface area contributed by atoms with Gasteiger partial charge in [-0.2, -0.15) is 0 Å². The summed E-state index contributed by atoms with van der Waals surface area (Å²) < 4.78 is 33.2. The molecule has 21 heavy (non-hydrogen) atoms. The number of hydrazine groups is 1. The molecule has 0 saturated heterocycles. The van der Waals surface area contributed by atoms with Crippen LogP contribution < -0.4 is 20.7 Å². The van der Waals surface area contributed by atoms with Crippen LogP contribution in [-0.2, 0) is 10.0 Å². The lowest BCUT2D eigenvalue weighted by Gasteiger charge is -2.14. The molecule has 4 N–H and O–H groups in total. The molecule has 0 fully saturated rings. The van der Waals surface area contributed by atoms with Crippen LogP contribution >= 0.6 is 15.9 Å². The van der Waals surface area contributed by atoms with Crippen LogP contribution in [0.4, 0.5) is 11.4 Å². The van der Waals surface area contributed by atoms with E-state index in [1.165, 1.54) is 25.6 Å². The van der Waals surface area contributed by atoms with Crippen LogP contribution in [0.3, 0.4) is 0 Å². The van der Waals surface area contributed by atoms with Crippen molar-refractivity contribution >= 4 is 37.3 Å². The summed E-state index contributed by atoms with van der Waals surface area (Å²) in [6.45, 7) is 0. The van der Waals surface area contributed by atoms with Gasteiger partial charge in [-0.1, -0.05) is 15.9 Å². The molecule has 0 aliphatic heterocycles. The number of nitrogens with two attached hydrogens (primary N) is 1. The van der Waals surface area contributed by atoms with Crippen LogP contribution in [0.1, 0.15) is 0 Å². The maximum atomic E-state index is 12.4. The summed E-state index contributed by atoms with van der Waals surface area (Å²) in [5.74, 6) is 5.71. The van der Waals surface area contributed by atoms with Crippen molar-refractivity contribution in [3.8, 4) is 5.75 Å². The summed E-state index contributed by atoms with van der Waals surface area (Å²) in [4.78, 5) is 3.75. The molecule has 1 heterocycles. The molecule has 1 aromatic carbocycles. The number of nitrogen functional groups attached to an aromatic ring is 1. The molecule has 0 saturated carbocycles. The van der Waals surface area contributed by atoms with Gasteiger partial charge < -0.3 is 10.2 Å². The van der Waals surface area contributed by atoms with Gasteiger partial charge in [-0.25, -0.2) is 8.42 Å². The Kier molecular flexibility index (Phi) is 4.66. The summed E-state index contributed by atoms with van der Waals surface area (Å²) >= 11 is 3.28. The zero-order valence-electron chi connectivity index (χ0n) is 11.0. The highest BCUT2D eigenvalue weighted by Gasteiger charge is 2.20. The number of benzene rings is 1. The fourth-order valence-corrected chi connectivity index (χ4v) is 3.21. The first kappa shape index (κ1) is 15.5. The van der Waals surface area contributed by atoms with Crippen molar-refractivity contribution in [2.75, 3.05) is 17.3 Å². The van der Waals surface area contributed by atoms with E-state index >= 15 is 0 Å². The molecular formula is C12H13BrN4O3S. The minimum atomic E-state index is -3.86. The van der Waals surface area contributed by atoms with E-state index in [1.807, 2.05) is 0 Å². The molecule has 2 aromatic rings. The second-order valence-corrected chi connectivity index (χ2v) is 6.53. The Hall–Kier alpha value is -1.84. The first-order chi connectivity index (χ1) is 9.97. The fourth-order valence-electron chi connectivity index (χ4n) is 1.67. The molecule has 1 aromatic heterocycles. The molecule has 2 rings (SSSR count). The predicted octanol–water partition coefficient (Wildman–Crippen LogP) is 1.94. The smallest absolute Gasteiger partial charge is 0.265 e. The van der Waals surface area contributed by atoms with Crippen LogP contribution in [0.5, 0.6) is 5.75 Å². The SMILES string of the molecule is COc1ccc(Br)cc1NS(=O)(=O)c1cnccc1NN. The lowest BCUT2D eigenvalue weighted by Crippen LogP contribution is -2.18. The number of pyridine rings is 1. The van der Waals surface area contributed by atoms with E-state index in [0.717, 1.165) is 0 Å². The van der Waals surface area contributed by atoms with E-state index in [0.29, 0.717) is 15.9 Å². The Labute approximate surface area is 130 Å². The average Bonchev–Trinajstić information content (AvgIpc) is 2.47. The number of halogens is 1. The third-order valence-electron chi connectivity index (χ3n) is 2.64. The Balaban J connectivity index is 2.45. The summed E-state index contributed by atoms with van der Waals surface area (Å²) in [5.41, 5.74) is 2.87. The maximum Gasteiger partial charge on any atom is 0.265 e. The van der Waals surface area contributed by atoms with Gasteiger partial charge in [0.05, 0.1) is 18.5 Å². The molecule has 0 amide bonds. The van der Waals surface area contributed by atoms with E-state index in [9.17, 15) is 8.42 Å². The molecule has 0 spiro atoms.